The van der Waals surface area contributed by atoms with Gasteiger partial charge in [-0.15, -0.1) is 0 Å². The fourth-order valence-corrected chi connectivity index (χ4v) is 2.54. The number of carbonyl (C=O) groups excluding carboxylic acids is 1. The van der Waals surface area contributed by atoms with E-state index in [2.05, 4.69) is 5.10 Å². The van der Waals surface area contributed by atoms with E-state index in [9.17, 15) is 9.90 Å². The summed E-state index contributed by atoms with van der Waals surface area (Å²) in [5.41, 5.74) is 1.90. The molecule has 106 valence electrons. The molecule has 1 saturated heterocycles. The lowest BCUT2D eigenvalue weighted by Crippen LogP contribution is -2.38. The minimum absolute atomic E-state index is 0.00889. The normalized spacial score (nSPS) is 23.4. The number of hydrogen-bond acceptors (Lipinski definition) is 4. The lowest BCUT2D eigenvalue weighted by Gasteiger charge is -2.21. The van der Waals surface area contributed by atoms with Crippen LogP contribution in [-0.4, -0.2) is 69.9 Å². The van der Waals surface area contributed by atoms with Crippen LogP contribution < -0.4 is 0 Å². The molecule has 1 N–H and O–H groups in total. The van der Waals surface area contributed by atoms with Crippen LogP contribution in [0.15, 0.2) is 6.07 Å². The maximum atomic E-state index is 12.2. The number of aliphatic hydroxyl groups excluding tert-OH is 1. The molecule has 1 aromatic rings. The first-order valence-corrected chi connectivity index (χ1v) is 6.52. The number of likely N-dealkylation sites (N-methyl/N-ethyl adjacent to an activating group) is 1. The van der Waals surface area contributed by atoms with Gasteiger partial charge in [-0.2, -0.15) is 5.10 Å². The number of rotatable bonds is 3. The van der Waals surface area contributed by atoms with Gasteiger partial charge in [0.2, 0.25) is 5.91 Å². The Balaban J connectivity index is 2.00. The zero-order valence-corrected chi connectivity index (χ0v) is 12.0. The predicted molar refractivity (Wildman–Crippen MR) is 71.8 cm³/mol. The van der Waals surface area contributed by atoms with Crippen molar-refractivity contribution in [1.82, 2.24) is 19.6 Å². The number of hydrogen-bond donors (Lipinski definition) is 1. The van der Waals surface area contributed by atoms with Crippen LogP contribution in [0.25, 0.3) is 0 Å². The SMILES string of the molecule is Cc1cc(C)n(CC(=O)N2C[C@@H](O)[C@H](N(C)C)C2)n1. The van der Waals surface area contributed by atoms with E-state index < -0.39 is 6.10 Å². The average molecular weight is 266 g/mol. The quantitative estimate of drug-likeness (QED) is 0.811. The maximum Gasteiger partial charge on any atom is 0.244 e. The summed E-state index contributed by atoms with van der Waals surface area (Å²) in [5.74, 6) is 0.00889. The molecule has 0 spiro atoms. The van der Waals surface area contributed by atoms with Crippen molar-refractivity contribution in [3.63, 3.8) is 0 Å². The van der Waals surface area contributed by atoms with Crippen molar-refractivity contribution in [2.75, 3.05) is 27.2 Å². The van der Waals surface area contributed by atoms with Crippen molar-refractivity contribution in [2.45, 2.75) is 32.5 Å². The van der Waals surface area contributed by atoms with Gasteiger partial charge >= 0.3 is 0 Å². The van der Waals surface area contributed by atoms with Crippen LogP contribution in [0, 0.1) is 13.8 Å². The Hall–Kier alpha value is -1.40. The van der Waals surface area contributed by atoms with Gasteiger partial charge < -0.3 is 14.9 Å². The number of carbonyl (C=O) groups is 1. The van der Waals surface area contributed by atoms with Gasteiger partial charge in [-0.3, -0.25) is 9.48 Å². The molecular weight excluding hydrogens is 244 g/mol. The number of β-amino-alcohol motifs (C(OH)–C–C–N with tert-alkyl or cyclic N) is 1. The minimum atomic E-state index is -0.473. The van der Waals surface area contributed by atoms with Crippen LogP contribution in [0.3, 0.4) is 0 Å². The minimum Gasteiger partial charge on any atom is -0.390 e. The first kappa shape index (κ1) is 14.0. The summed E-state index contributed by atoms with van der Waals surface area (Å²) in [7, 11) is 3.84. The predicted octanol–water partition coefficient (Wildman–Crippen LogP) is -0.367. The molecule has 6 nitrogen and oxygen atoms in total. The van der Waals surface area contributed by atoms with Gasteiger partial charge in [-0.25, -0.2) is 0 Å². The zero-order chi connectivity index (χ0) is 14.2. The first-order chi connectivity index (χ1) is 8.88. The Morgan fingerprint density at radius 1 is 1.47 bits per heavy atom. The molecule has 1 fully saturated rings. The maximum absolute atomic E-state index is 12.2. The molecule has 1 aliphatic rings. The molecule has 6 heteroatoms. The Labute approximate surface area is 113 Å². The highest BCUT2D eigenvalue weighted by Crippen LogP contribution is 2.15. The highest BCUT2D eigenvalue weighted by Gasteiger charge is 2.35. The van der Waals surface area contributed by atoms with Gasteiger partial charge in [0.15, 0.2) is 0 Å². The summed E-state index contributed by atoms with van der Waals surface area (Å²) in [6, 6.07) is 1.97. The van der Waals surface area contributed by atoms with Crippen molar-refractivity contribution >= 4 is 5.91 Å². The number of aromatic nitrogens is 2. The molecule has 2 atom stereocenters. The number of aliphatic hydroxyl groups is 1. The van der Waals surface area contributed by atoms with Crippen LogP contribution in [-0.2, 0) is 11.3 Å². The zero-order valence-electron chi connectivity index (χ0n) is 12.0. The third kappa shape index (κ3) is 2.96. The largest absolute Gasteiger partial charge is 0.390 e. The van der Waals surface area contributed by atoms with Crippen molar-refractivity contribution in [3.05, 3.63) is 17.5 Å². The third-order valence-corrected chi connectivity index (χ3v) is 3.66. The molecule has 0 radical (unpaired) electrons. The monoisotopic (exact) mass is 266 g/mol. The van der Waals surface area contributed by atoms with Gasteiger partial charge in [0.1, 0.15) is 6.54 Å². The van der Waals surface area contributed by atoms with Crippen LogP contribution in [0.5, 0.6) is 0 Å². The number of aryl methyl sites for hydroxylation is 2. The highest BCUT2D eigenvalue weighted by atomic mass is 16.3. The summed E-state index contributed by atoms with van der Waals surface area (Å²) in [4.78, 5) is 15.9. The van der Waals surface area contributed by atoms with Crippen molar-refractivity contribution < 1.29 is 9.90 Å². The summed E-state index contributed by atoms with van der Waals surface area (Å²) in [5, 5.41) is 14.2. The fraction of sp³-hybridized carbons (Fsp3) is 0.692. The standard InChI is InChI=1S/C13H22N4O2/c1-9-5-10(2)17(14-9)8-13(19)16-6-11(15(3)4)12(18)7-16/h5,11-12,18H,6-8H2,1-4H3/t11-,12-/m1/s1. The van der Waals surface area contributed by atoms with E-state index in [0.29, 0.717) is 13.1 Å². The van der Waals surface area contributed by atoms with Crippen molar-refractivity contribution in [1.29, 1.82) is 0 Å². The topological polar surface area (TPSA) is 61.6 Å². The summed E-state index contributed by atoms with van der Waals surface area (Å²) in [6.45, 7) is 5.07. The smallest absolute Gasteiger partial charge is 0.244 e. The van der Waals surface area contributed by atoms with Gasteiger partial charge in [0, 0.05) is 18.8 Å². The van der Waals surface area contributed by atoms with Crippen molar-refractivity contribution in [3.8, 4) is 0 Å². The molecule has 0 bridgehead atoms. The van der Waals surface area contributed by atoms with Crippen LogP contribution in [0.2, 0.25) is 0 Å². The van der Waals surface area contributed by atoms with E-state index in [-0.39, 0.29) is 18.5 Å². The van der Waals surface area contributed by atoms with E-state index in [1.54, 1.807) is 9.58 Å². The Bertz CT molecular complexity index is 469. The molecule has 0 saturated carbocycles. The Morgan fingerprint density at radius 2 is 2.16 bits per heavy atom. The first-order valence-electron chi connectivity index (χ1n) is 6.52. The van der Waals surface area contributed by atoms with E-state index in [0.717, 1.165) is 11.4 Å². The van der Waals surface area contributed by atoms with Gasteiger partial charge in [-0.05, 0) is 34.0 Å². The molecule has 19 heavy (non-hydrogen) atoms. The van der Waals surface area contributed by atoms with Gasteiger partial charge in [-0.1, -0.05) is 0 Å². The van der Waals surface area contributed by atoms with E-state index in [4.69, 9.17) is 0 Å². The molecule has 0 unspecified atom stereocenters. The van der Waals surface area contributed by atoms with E-state index in [1.807, 2.05) is 38.9 Å². The molecule has 2 heterocycles. The second kappa shape index (κ2) is 5.30. The Kier molecular flexibility index (Phi) is 3.91. The van der Waals surface area contributed by atoms with E-state index >= 15 is 0 Å². The average Bonchev–Trinajstić information content (AvgIpc) is 2.83. The van der Waals surface area contributed by atoms with Gasteiger partial charge in [0.25, 0.3) is 0 Å². The summed E-state index contributed by atoms with van der Waals surface area (Å²) >= 11 is 0. The van der Waals surface area contributed by atoms with Crippen molar-refractivity contribution in [2.24, 2.45) is 0 Å². The third-order valence-electron chi connectivity index (χ3n) is 3.66. The summed E-state index contributed by atoms with van der Waals surface area (Å²) in [6.07, 6.45) is -0.473. The molecule has 1 aromatic heterocycles. The van der Waals surface area contributed by atoms with E-state index in [1.165, 1.54) is 0 Å². The fourth-order valence-electron chi connectivity index (χ4n) is 2.54. The lowest BCUT2D eigenvalue weighted by atomic mass is 10.2. The number of likely N-dealkylation sites (tertiary alicyclic amines) is 1. The lowest BCUT2D eigenvalue weighted by molar-refractivity contribution is -0.131. The molecule has 2 rings (SSSR count). The van der Waals surface area contributed by atoms with Gasteiger partial charge in [0.05, 0.1) is 17.8 Å². The summed E-state index contributed by atoms with van der Waals surface area (Å²) < 4.78 is 1.72. The second-order valence-corrected chi connectivity index (χ2v) is 5.48. The van der Waals surface area contributed by atoms with Crippen LogP contribution in [0.1, 0.15) is 11.4 Å². The second-order valence-electron chi connectivity index (χ2n) is 5.48. The molecular formula is C13H22N4O2. The molecule has 1 aliphatic heterocycles. The molecule has 0 aromatic carbocycles. The molecule has 0 aliphatic carbocycles. The number of nitrogens with zero attached hydrogens (tertiary/aromatic N) is 4. The Morgan fingerprint density at radius 3 is 2.63 bits per heavy atom. The highest BCUT2D eigenvalue weighted by molar-refractivity contribution is 5.76. The van der Waals surface area contributed by atoms with Crippen LogP contribution >= 0.6 is 0 Å². The number of amides is 1. The van der Waals surface area contributed by atoms with Crippen LogP contribution in [0.4, 0.5) is 0 Å². The molecule has 1 amide bonds.